The second kappa shape index (κ2) is 8.83. The minimum absolute atomic E-state index is 0.250. The van der Waals surface area contributed by atoms with Gasteiger partial charge in [-0.1, -0.05) is 24.3 Å². The van der Waals surface area contributed by atoms with Crippen molar-refractivity contribution in [3.8, 4) is 22.6 Å². The average Bonchev–Trinajstić information content (AvgIpc) is 3.31. The number of methoxy groups -OCH3 is 2. The molecule has 158 valence electrons. The van der Waals surface area contributed by atoms with Crippen LogP contribution in [-0.2, 0) is 11.3 Å². The topological polar surface area (TPSA) is 88.4 Å². The molecule has 0 N–H and O–H groups in total. The fourth-order valence-electron chi connectivity index (χ4n) is 3.56. The van der Waals surface area contributed by atoms with E-state index in [2.05, 4.69) is 10.1 Å². The molecule has 0 spiro atoms. The van der Waals surface area contributed by atoms with Crippen LogP contribution in [0.3, 0.4) is 0 Å². The van der Waals surface area contributed by atoms with Gasteiger partial charge in [-0.05, 0) is 30.7 Å². The molecule has 0 aliphatic heterocycles. The number of nitrogens with zero attached hydrogens (tertiary/aromatic N) is 4. The van der Waals surface area contributed by atoms with E-state index in [1.54, 1.807) is 32.2 Å². The van der Waals surface area contributed by atoms with Crippen LogP contribution in [0.1, 0.15) is 23.0 Å². The molecule has 8 heteroatoms. The van der Waals surface area contributed by atoms with E-state index in [-0.39, 0.29) is 13.2 Å². The molecule has 0 saturated heterocycles. The third-order valence-corrected chi connectivity index (χ3v) is 4.90. The number of carbonyl (C=O) groups is 1. The van der Waals surface area contributed by atoms with Gasteiger partial charge < -0.3 is 14.2 Å². The fraction of sp³-hybridized carbons (Fsp3) is 0.217. The van der Waals surface area contributed by atoms with Crippen LogP contribution in [0.15, 0.2) is 55.1 Å². The summed E-state index contributed by atoms with van der Waals surface area (Å²) in [5.74, 6) is 0.722. The van der Waals surface area contributed by atoms with Gasteiger partial charge in [0.05, 0.1) is 44.1 Å². The van der Waals surface area contributed by atoms with Crippen molar-refractivity contribution in [3.05, 3.63) is 66.4 Å². The Bertz CT molecular complexity index is 1220. The van der Waals surface area contributed by atoms with E-state index in [9.17, 15) is 4.79 Å². The summed E-state index contributed by atoms with van der Waals surface area (Å²) in [6.45, 7) is 2.30. The lowest BCUT2D eigenvalue weighted by Gasteiger charge is -2.18. The van der Waals surface area contributed by atoms with Crippen LogP contribution in [0, 0.1) is 0 Å². The van der Waals surface area contributed by atoms with Crippen LogP contribution in [0.4, 0.5) is 0 Å². The predicted octanol–water partition coefficient (Wildman–Crippen LogP) is 3.74. The van der Waals surface area contributed by atoms with Gasteiger partial charge in [-0.15, -0.1) is 0 Å². The highest BCUT2D eigenvalue weighted by Gasteiger charge is 2.24. The van der Waals surface area contributed by atoms with Gasteiger partial charge >= 0.3 is 5.97 Å². The quantitative estimate of drug-likeness (QED) is 0.423. The van der Waals surface area contributed by atoms with Crippen LogP contribution in [0.5, 0.6) is 11.5 Å². The molecule has 2 aromatic carbocycles. The number of esters is 1. The molecule has 2 aromatic heterocycles. The summed E-state index contributed by atoms with van der Waals surface area (Å²) < 4.78 is 17.9. The number of pyridine rings is 1. The first-order chi connectivity index (χ1) is 15.2. The number of hydrogen-bond acceptors (Lipinski definition) is 7. The zero-order valence-electron chi connectivity index (χ0n) is 17.5. The number of hydrogen-bond donors (Lipinski definition) is 0. The second-order valence-corrected chi connectivity index (χ2v) is 6.71. The van der Waals surface area contributed by atoms with Crippen molar-refractivity contribution < 1.29 is 19.0 Å². The minimum atomic E-state index is -0.444. The Morgan fingerprint density at radius 3 is 2.58 bits per heavy atom. The second-order valence-electron chi connectivity index (χ2n) is 6.71. The predicted molar refractivity (Wildman–Crippen MR) is 115 cm³/mol. The number of para-hydroxylation sites is 1. The van der Waals surface area contributed by atoms with Gasteiger partial charge in [0.2, 0.25) is 0 Å². The summed E-state index contributed by atoms with van der Waals surface area (Å²) in [7, 11) is 3.16. The highest BCUT2D eigenvalue weighted by atomic mass is 16.5. The molecule has 8 nitrogen and oxygen atoms in total. The molecule has 0 saturated carbocycles. The van der Waals surface area contributed by atoms with Gasteiger partial charge in [0, 0.05) is 10.9 Å². The van der Waals surface area contributed by atoms with E-state index in [1.807, 2.05) is 42.5 Å². The SMILES string of the molecule is CCOC(=O)c1c(Cn2cncn2)nc2ccccc2c1-c1ccc(OC)c(OC)c1. The maximum atomic E-state index is 13.1. The van der Waals surface area contributed by atoms with Crippen LogP contribution in [-0.4, -0.2) is 46.5 Å². The van der Waals surface area contributed by atoms with Crippen LogP contribution in [0.25, 0.3) is 22.0 Å². The molecule has 0 aliphatic carbocycles. The maximum Gasteiger partial charge on any atom is 0.340 e. The largest absolute Gasteiger partial charge is 0.493 e. The van der Waals surface area contributed by atoms with E-state index in [4.69, 9.17) is 19.2 Å². The lowest BCUT2D eigenvalue weighted by molar-refractivity contribution is 0.0525. The van der Waals surface area contributed by atoms with E-state index in [0.29, 0.717) is 22.8 Å². The highest BCUT2D eigenvalue weighted by Crippen LogP contribution is 2.38. The first kappa shape index (κ1) is 20.3. The minimum Gasteiger partial charge on any atom is -0.493 e. The van der Waals surface area contributed by atoms with Crippen molar-refractivity contribution in [2.75, 3.05) is 20.8 Å². The number of aromatic nitrogens is 4. The standard InChI is InChI=1S/C23H22N4O4/c1-4-31-23(28)22-18(12-27-14-24-13-25-27)26-17-8-6-5-7-16(17)21(22)15-9-10-19(29-2)20(11-15)30-3/h5-11,13-14H,4,12H2,1-3H3. The molecule has 4 aromatic rings. The monoisotopic (exact) mass is 418 g/mol. The Hall–Kier alpha value is -3.94. The van der Waals surface area contributed by atoms with Gasteiger partial charge in [-0.2, -0.15) is 5.10 Å². The number of benzene rings is 2. The Labute approximate surface area is 179 Å². The molecule has 31 heavy (non-hydrogen) atoms. The summed E-state index contributed by atoms with van der Waals surface area (Å²) in [5, 5.41) is 5.00. The van der Waals surface area contributed by atoms with E-state index in [0.717, 1.165) is 22.0 Å². The molecule has 0 unspecified atom stereocenters. The normalized spacial score (nSPS) is 10.8. The number of fused-ring (bicyclic) bond motifs is 1. The lowest BCUT2D eigenvalue weighted by Crippen LogP contribution is -2.15. The Morgan fingerprint density at radius 2 is 1.87 bits per heavy atom. The summed E-state index contributed by atoms with van der Waals surface area (Å²) in [5.41, 5.74) is 3.21. The molecular formula is C23H22N4O4. The zero-order valence-corrected chi connectivity index (χ0v) is 17.5. The molecule has 0 fully saturated rings. The smallest absolute Gasteiger partial charge is 0.340 e. The molecule has 0 bridgehead atoms. The summed E-state index contributed by atoms with van der Waals surface area (Å²) >= 11 is 0. The first-order valence-electron chi connectivity index (χ1n) is 9.79. The van der Waals surface area contributed by atoms with Gasteiger partial charge in [-0.25, -0.2) is 19.4 Å². The molecule has 0 aliphatic rings. The van der Waals surface area contributed by atoms with Crippen LogP contribution in [0.2, 0.25) is 0 Å². The number of ether oxygens (including phenoxy) is 3. The zero-order chi connectivity index (χ0) is 21.8. The van der Waals surface area contributed by atoms with Gasteiger partial charge in [0.1, 0.15) is 12.7 Å². The van der Waals surface area contributed by atoms with Gasteiger partial charge in [0.25, 0.3) is 0 Å². The Balaban J connectivity index is 2.03. The third kappa shape index (κ3) is 3.92. The molecule has 0 atom stereocenters. The van der Waals surface area contributed by atoms with Crippen molar-refractivity contribution in [3.63, 3.8) is 0 Å². The average molecular weight is 418 g/mol. The summed E-state index contributed by atoms with van der Waals surface area (Å²) in [6.07, 6.45) is 3.03. The fourth-order valence-corrected chi connectivity index (χ4v) is 3.56. The van der Waals surface area contributed by atoms with Crippen molar-refractivity contribution in [1.82, 2.24) is 19.7 Å². The highest BCUT2D eigenvalue weighted by molar-refractivity contribution is 6.08. The van der Waals surface area contributed by atoms with Gasteiger partial charge in [0.15, 0.2) is 11.5 Å². The summed E-state index contributed by atoms with van der Waals surface area (Å²) in [6, 6.07) is 13.2. The van der Waals surface area contributed by atoms with Gasteiger partial charge in [-0.3, -0.25) is 0 Å². The molecule has 2 heterocycles. The van der Waals surface area contributed by atoms with E-state index >= 15 is 0 Å². The van der Waals surface area contributed by atoms with E-state index < -0.39 is 5.97 Å². The van der Waals surface area contributed by atoms with Crippen molar-refractivity contribution in [2.24, 2.45) is 0 Å². The lowest BCUT2D eigenvalue weighted by atomic mass is 9.93. The van der Waals surface area contributed by atoms with Crippen molar-refractivity contribution >= 4 is 16.9 Å². The molecule has 4 rings (SSSR count). The van der Waals surface area contributed by atoms with E-state index in [1.165, 1.54) is 6.33 Å². The number of rotatable bonds is 7. The Morgan fingerprint density at radius 1 is 1.06 bits per heavy atom. The summed E-state index contributed by atoms with van der Waals surface area (Å²) in [4.78, 5) is 21.9. The molecule has 0 radical (unpaired) electrons. The van der Waals surface area contributed by atoms with Crippen molar-refractivity contribution in [2.45, 2.75) is 13.5 Å². The van der Waals surface area contributed by atoms with Crippen LogP contribution >= 0.6 is 0 Å². The maximum absolute atomic E-state index is 13.1. The Kier molecular flexibility index (Phi) is 5.79. The number of carbonyl (C=O) groups excluding carboxylic acids is 1. The van der Waals surface area contributed by atoms with Crippen LogP contribution < -0.4 is 9.47 Å². The molecule has 0 amide bonds. The molecular weight excluding hydrogens is 396 g/mol. The first-order valence-corrected chi connectivity index (χ1v) is 9.79. The third-order valence-electron chi connectivity index (χ3n) is 4.90. The van der Waals surface area contributed by atoms with Crippen molar-refractivity contribution in [1.29, 1.82) is 0 Å².